The predicted octanol–water partition coefficient (Wildman–Crippen LogP) is 2.88. The molecular weight excluding hydrogens is 384 g/mol. The van der Waals surface area contributed by atoms with E-state index in [1.54, 1.807) is 25.3 Å². The Morgan fingerprint density at radius 3 is 2.53 bits per heavy atom. The molecule has 0 aliphatic carbocycles. The standard InChI is InChI=1S/C22H24N4O4/c1-3-4-16(22(29)30)11-18(27)15-8-5-14(6-9-15)7-10-17-12-23-20-19(26-17)21(28)25-13(2)24-20/h5-6,8-9,12,16H,3-4,7,10-11H2,1-2H3,(H,29,30)(H,23,24,25,28)/t16-/m1/s1. The van der Waals surface area contributed by atoms with Crippen LogP contribution in [0.3, 0.4) is 0 Å². The normalized spacial score (nSPS) is 12.1. The molecule has 0 radical (unpaired) electrons. The number of H-pyrrole nitrogens is 1. The molecule has 3 aromatic rings. The minimum atomic E-state index is -0.928. The summed E-state index contributed by atoms with van der Waals surface area (Å²) < 4.78 is 0. The van der Waals surface area contributed by atoms with E-state index in [1.165, 1.54) is 0 Å². The molecule has 0 saturated carbocycles. The zero-order chi connectivity index (χ0) is 21.7. The maximum atomic E-state index is 12.4. The smallest absolute Gasteiger partial charge is 0.306 e. The van der Waals surface area contributed by atoms with Crippen molar-refractivity contribution < 1.29 is 14.7 Å². The Kier molecular flexibility index (Phi) is 6.66. The predicted molar refractivity (Wildman–Crippen MR) is 112 cm³/mol. The monoisotopic (exact) mass is 408 g/mol. The van der Waals surface area contributed by atoms with Crippen molar-refractivity contribution in [2.75, 3.05) is 0 Å². The van der Waals surface area contributed by atoms with E-state index >= 15 is 0 Å². The Balaban J connectivity index is 1.64. The van der Waals surface area contributed by atoms with Crippen LogP contribution in [0.25, 0.3) is 11.2 Å². The first kappa shape index (κ1) is 21.3. The van der Waals surface area contributed by atoms with Crippen LogP contribution < -0.4 is 5.56 Å². The summed E-state index contributed by atoms with van der Waals surface area (Å²) in [6.07, 6.45) is 4.09. The maximum Gasteiger partial charge on any atom is 0.306 e. The zero-order valence-electron chi connectivity index (χ0n) is 17.0. The Morgan fingerprint density at radius 2 is 1.87 bits per heavy atom. The number of aliphatic carboxylic acids is 1. The number of carbonyl (C=O) groups excluding carboxylic acids is 1. The van der Waals surface area contributed by atoms with Gasteiger partial charge in [0.15, 0.2) is 16.9 Å². The lowest BCUT2D eigenvalue weighted by Crippen LogP contribution is -2.18. The van der Waals surface area contributed by atoms with E-state index in [4.69, 9.17) is 0 Å². The fraction of sp³-hybridized carbons (Fsp3) is 0.364. The number of nitrogens with zero attached hydrogens (tertiary/aromatic N) is 3. The van der Waals surface area contributed by atoms with Crippen LogP contribution in [0.1, 0.15) is 53.6 Å². The Hall–Kier alpha value is -3.42. The molecule has 8 heteroatoms. The van der Waals surface area contributed by atoms with Gasteiger partial charge in [-0.1, -0.05) is 37.6 Å². The topological polar surface area (TPSA) is 126 Å². The van der Waals surface area contributed by atoms with Gasteiger partial charge in [-0.3, -0.25) is 14.4 Å². The largest absolute Gasteiger partial charge is 0.481 e. The molecule has 1 aromatic carbocycles. The van der Waals surface area contributed by atoms with E-state index in [0.717, 1.165) is 12.0 Å². The number of hydrogen-bond donors (Lipinski definition) is 2. The van der Waals surface area contributed by atoms with Gasteiger partial charge in [-0.15, -0.1) is 0 Å². The summed E-state index contributed by atoms with van der Waals surface area (Å²) in [5.74, 6) is -1.24. The molecule has 30 heavy (non-hydrogen) atoms. The fourth-order valence-electron chi connectivity index (χ4n) is 3.32. The van der Waals surface area contributed by atoms with E-state index in [2.05, 4.69) is 19.9 Å². The molecule has 2 N–H and O–H groups in total. The van der Waals surface area contributed by atoms with Gasteiger partial charge in [-0.25, -0.2) is 15.0 Å². The van der Waals surface area contributed by atoms with Gasteiger partial charge in [0.1, 0.15) is 5.82 Å². The van der Waals surface area contributed by atoms with Crippen LogP contribution in [0.2, 0.25) is 0 Å². The van der Waals surface area contributed by atoms with Crippen LogP contribution in [0.15, 0.2) is 35.3 Å². The number of fused-ring (bicyclic) bond motifs is 1. The molecule has 0 bridgehead atoms. The van der Waals surface area contributed by atoms with Crippen LogP contribution in [-0.2, 0) is 17.6 Å². The molecule has 2 aromatic heterocycles. The summed E-state index contributed by atoms with van der Waals surface area (Å²) in [5.41, 5.74) is 2.44. The molecule has 1 atom stereocenters. The van der Waals surface area contributed by atoms with Crippen LogP contribution in [0.4, 0.5) is 0 Å². The molecular formula is C22H24N4O4. The highest BCUT2D eigenvalue weighted by Gasteiger charge is 2.21. The molecule has 8 nitrogen and oxygen atoms in total. The van der Waals surface area contributed by atoms with Crippen molar-refractivity contribution in [1.29, 1.82) is 0 Å². The van der Waals surface area contributed by atoms with Gasteiger partial charge in [0.05, 0.1) is 17.8 Å². The zero-order valence-corrected chi connectivity index (χ0v) is 17.0. The molecule has 0 amide bonds. The Morgan fingerprint density at radius 1 is 1.13 bits per heavy atom. The fourth-order valence-corrected chi connectivity index (χ4v) is 3.32. The highest BCUT2D eigenvalue weighted by atomic mass is 16.4. The van der Waals surface area contributed by atoms with Crippen molar-refractivity contribution in [3.63, 3.8) is 0 Å². The summed E-state index contributed by atoms with van der Waals surface area (Å²) in [6, 6.07) is 7.17. The summed E-state index contributed by atoms with van der Waals surface area (Å²) >= 11 is 0. The van der Waals surface area contributed by atoms with Crippen molar-refractivity contribution in [2.24, 2.45) is 5.92 Å². The van der Waals surface area contributed by atoms with Crippen LogP contribution in [0, 0.1) is 12.8 Å². The van der Waals surface area contributed by atoms with Crippen molar-refractivity contribution in [1.82, 2.24) is 19.9 Å². The highest BCUT2D eigenvalue weighted by Crippen LogP contribution is 2.17. The number of aryl methyl sites for hydroxylation is 3. The summed E-state index contributed by atoms with van der Waals surface area (Å²) in [7, 11) is 0. The van der Waals surface area contributed by atoms with Crippen molar-refractivity contribution in [2.45, 2.75) is 46.0 Å². The number of Topliss-reactive ketones (excluding diaryl/α,β-unsaturated/α-hetero) is 1. The number of nitrogens with one attached hydrogen (secondary N) is 1. The molecule has 0 unspecified atom stereocenters. The third-order valence-corrected chi connectivity index (χ3v) is 4.95. The minimum Gasteiger partial charge on any atom is -0.481 e. The van der Waals surface area contributed by atoms with E-state index in [9.17, 15) is 19.5 Å². The lowest BCUT2D eigenvalue weighted by atomic mass is 9.94. The number of carboxylic acids is 1. The van der Waals surface area contributed by atoms with Gasteiger partial charge in [-0.2, -0.15) is 0 Å². The lowest BCUT2D eigenvalue weighted by molar-refractivity contribution is -0.141. The first-order valence-corrected chi connectivity index (χ1v) is 9.95. The number of hydrogen-bond acceptors (Lipinski definition) is 6. The Bertz CT molecular complexity index is 1120. The van der Waals surface area contributed by atoms with Crippen molar-refractivity contribution >= 4 is 22.9 Å². The molecule has 0 fully saturated rings. The SMILES string of the molecule is CCC[C@H](CC(=O)c1ccc(CCc2cnc3nc(C)[nH]c(=O)c3n2)cc1)C(=O)O. The van der Waals surface area contributed by atoms with Crippen molar-refractivity contribution in [3.8, 4) is 0 Å². The highest BCUT2D eigenvalue weighted by molar-refractivity contribution is 5.98. The molecule has 156 valence electrons. The van der Waals surface area contributed by atoms with Gasteiger partial charge in [0, 0.05) is 12.0 Å². The number of aromatic nitrogens is 4. The number of rotatable bonds is 9. The van der Waals surface area contributed by atoms with Crippen LogP contribution in [0.5, 0.6) is 0 Å². The van der Waals surface area contributed by atoms with E-state index in [1.807, 2.05) is 19.1 Å². The average molecular weight is 408 g/mol. The number of carboxylic acid groups (broad SMARTS) is 1. The van der Waals surface area contributed by atoms with Gasteiger partial charge >= 0.3 is 5.97 Å². The summed E-state index contributed by atoms with van der Waals surface area (Å²) in [5, 5.41) is 9.23. The second-order valence-electron chi connectivity index (χ2n) is 7.33. The van der Waals surface area contributed by atoms with Gasteiger partial charge in [0.25, 0.3) is 5.56 Å². The van der Waals surface area contributed by atoms with E-state index in [0.29, 0.717) is 42.0 Å². The van der Waals surface area contributed by atoms with Gasteiger partial charge in [-0.05, 0) is 31.7 Å². The first-order chi connectivity index (χ1) is 14.4. The lowest BCUT2D eigenvalue weighted by Gasteiger charge is -2.10. The van der Waals surface area contributed by atoms with Crippen LogP contribution in [-0.4, -0.2) is 36.8 Å². The molecule has 0 aliphatic rings. The molecule has 0 saturated heterocycles. The van der Waals surface area contributed by atoms with Crippen molar-refractivity contribution in [3.05, 3.63) is 63.5 Å². The number of aromatic amines is 1. The summed E-state index contributed by atoms with van der Waals surface area (Å²) in [4.78, 5) is 51.0. The number of benzene rings is 1. The van der Waals surface area contributed by atoms with Gasteiger partial charge < -0.3 is 10.1 Å². The quantitative estimate of drug-likeness (QED) is 0.521. The average Bonchev–Trinajstić information content (AvgIpc) is 2.72. The first-order valence-electron chi connectivity index (χ1n) is 9.95. The third kappa shape index (κ3) is 5.14. The summed E-state index contributed by atoms with van der Waals surface area (Å²) in [6.45, 7) is 3.60. The third-order valence-electron chi connectivity index (χ3n) is 4.95. The maximum absolute atomic E-state index is 12.4. The number of ketones is 1. The van der Waals surface area contributed by atoms with Crippen LogP contribution >= 0.6 is 0 Å². The molecule has 3 rings (SSSR count). The van der Waals surface area contributed by atoms with E-state index < -0.39 is 11.9 Å². The number of carbonyl (C=O) groups is 2. The molecule has 0 spiro atoms. The van der Waals surface area contributed by atoms with Gasteiger partial charge in [0.2, 0.25) is 0 Å². The minimum absolute atomic E-state index is 0.0112. The Labute approximate surface area is 173 Å². The molecule has 0 aliphatic heterocycles. The van der Waals surface area contributed by atoms with E-state index in [-0.39, 0.29) is 23.3 Å². The second-order valence-corrected chi connectivity index (χ2v) is 7.33. The molecule has 2 heterocycles. The second kappa shape index (κ2) is 9.39.